The quantitative estimate of drug-likeness (QED) is 0.145. The van der Waals surface area contributed by atoms with Crippen molar-refractivity contribution in [2.24, 2.45) is 0 Å². The van der Waals surface area contributed by atoms with Crippen LogP contribution in [0.4, 0.5) is 0 Å². The van der Waals surface area contributed by atoms with Crippen LogP contribution in [0.25, 0.3) is 0 Å². The van der Waals surface area contributed by atoms with Crippen LogP contribution in [0, 0.1) is 0 Å². The van der Waals surface area contributed by atoms with Crippen LogP contribution < -0.4 is 0 Å². The Bertz CT molecular complexity index is 1530. The van der Waals surface area contributed by atoms with Crippen LogP contribution in [-0.4, -0.2) is 130 Å². The van der Waals surface area contributed by atoms with Crippen molar-refractivity contribution in [3.05, 3.63) is 0 Å². The van der Waals surface area contributed by atoms with E-state index in [1.807, 2.05) is 0 Å². The molecule has 0 bridgehead atoms. The Kier molecular flexibility index (Phi) is 29.3. The van der Waals surface area contributed by atoms with Crippen molar-refractivity contribution >= 4 is 104 Å². The molecule has 0 aromatic rings. The van der Waals surface area contributed by atoms with Crippen LogP contribution in [0.2, 0.25) is 0 Å². The molecule has 47 heavy (non-hydrogen) atoms. The molecule has 0 aliphatic rings. The fourth-order valence-corrected chi connectivity index (χ4v) is 4.59. The van der Waals surface area contributed by atoms with Gasteiger partial charge in [0, 0.05) is 0 Å². The molecule has 0 aromatic carbocycles. The molecular weight excluding hydrogens is 983 g/mol. The molecule has 0 unspecified atom stereocenters. The summed E-state index contributed by atoms with van der Waals surface area (Å²) in [5.41, 5.74) is 0. The van der Waals surface area contributed by atoms with Crippen molar-refractivity contribution in [3.8, 4) is 0 Å². The van der Waals surface area contributed by atoms with Crippen LogP contribution in [-0.2, 0) is 159 Å². The molecule has 35 nitrogen and oxygen atoms in total. The zero-order valence-electron chi connectivity index (χ0n) is 19.3. The summed E-state index contributed by atoms with van der Waals surface area (Å²) in [5, 5.41) is 0. The van der Waals surface area contributed by atoms with E-state index in [4.69, 9.17) is 0 Å². The molecule has 0 rings (SSSR count). The van der Waals surface area contributed by atoms with Crippen LogP contribution in [0.1, 0.15) is 0 Å². The van der Waals surface area contributed by atoms with Crippen molar-refractivity contribution in [3.63, 3.8) is 0 Å². The van der Waals surface area contributed by atoms with E-state index in [0.29, 0.717) is 0 Å². The second kappa shape index (κ2) is 22.1. The number of hydrogen-bond donors (Lipinski definition) is 0. The molecule has 0 saturated heterocycles. The minimum Gasteiger partial charge on any atom is -0.725 e. The van der Waals surface area contributed by atoms with E-state index >= 15 is 0 Å². The molecule has 0 aliphatic heterocycles. The summed E-state index contributed by atoms with van der Waals surface area (Å²) in [7, 11) is -54.3. The first-order chi connectivity index (χ1) is 18.5. The third kappa shape index (κ3) is 99.0. The third-order valence-corrected chi connectivity index (χ3v) is 7.50. The molecule has 0 spiro atoms. The van der Waals surface area contributed by atoms with Gasteiger partial charge in [0.2, 0.25) is 104 Å². The van der Waals surface area contributed by atoms with Gasteiger partial charge in [-0.25, -0.2) is 84.2 Å². The maximum Gasteiger partial charge on any atom is 5.00 e. The molecule has 0 heterocycles. The number of hydrogen-bond acceptors (Lipinski definition) is 35. The molecule has 47 heteroatoms. The van der Waals surface area contributed by atoms with Gasteiger partial charge in [0.1, 0.15) is 0 Å². The zero-order valence-corrected chi connectivity index (χ0v) is 30.2. The van der Waals surface area contributed by atoms with E-state index in [1.54, 1.807) is 0 Å². The van der Waals surface area contributed by atoms with Gasteiger partial charge in [0.15, 0.2) is 0 Å². The second-order valence-electron chi connectivity index (χ2n) is 4.42. The molecule has 280 valence electrons. The minimum atomic E-state index is -5.43. The van der Waals surface area contributed by atoms with Crippen molar-refractivity contribution in [2.45, 2.75) is 0 Å². The van der Waals surface area contributed by atoms with Crippen molar-refractivity contribution in [2.75, 3.05) is 0 Å². The summed E-state index contributed by atoms with van der Waals surface area (Å²) in [6.07, 6.45) is 0. The van der Waals surface area contributed by atoms with E-state index in [1.165, 1.54) is 0 Å². The summed E-state index contributed by atoms with van der Waals surface area (Å²) >= 11 is 0. The molecule has 0 fully saturated rings. The Morgan fingerprint density at radius 2 is 0.234 bits per heavy atom. The monoisotopic (exact) mass is 981 g/mol. The summed E-state index contributed by atoms with van der Waals surface area (Å²) in [5.74, 6) is 0. The van der Waals surface area contributed by atoms with E-state index < -0.39 is 104 Å². The van der Waals surface area contributed by atoms with Crippen LogP contribution in [0.5, 0.6) is 0 Å². The minimum absolute atomic E-state index is 0. The molecule has 0 amide bonds. The average molecular weight is 983 g/mol. The number of rotatable bonds is 10. The van der Waals surface area contributed by atoms with Crippen molar-refractivity contribution < 1.29 is 185 Å². The molecule has 0 atom stereocenters. The predicted molar refractivity (Wildman–Crippen MR) is 102 cm³/mol. The summed E-state index contributed by atoms with van der Waals surface area (Å²) in [4.78, 5) is 0. The van der Waals surface area contributed by atoms with E-state index in [-0.39, 0.29) is 37.1 Å². The van der Waals surface area contributed by atoms with Crippen LogP contribution >= 0.6 is 0 Å². The van der Waals surface area contributed by atoms with E-state index in [2.05, 4.69) is 18.1 Å². The SMILES string of the molecule is O=S(=O)([O-])OS(=O)(=O)[O-].O=S(=O)([O-])OS(=O)(=O)[O-].O=S(=O)([O-])OS(=O)(=O)[O-].O=S(=O)([O-])OS(=O)(=O)[O-].O=S(=O)([O-])OS(=O)(=O)[O-].[V+5].[V+5]. The summed E-state index contributed by atoms with van der Waals surface area (Å²) in [6.45, 7) is 0. The standard InChI is InChI=1S/5H2O7S2.2V/c5*1-8(2,3)7-9(4,5)6;;/h5*(H,1,2,3)(H,4,5,6);;/q;;;;;2*+5/p-10. The summed E-state index contributed by atoms with van der Waals surface area (Å²) < 4.78 is 291. The molecule has 0 saturated carbocycles. The van der Waals surface area contributed by atoms with Gasteiger partial charge in [-0.05, 0) is 0 Å². The normalized spacial score (nSPS) is 13.0. The van der Waals surface area contributed by atoms with Gasteiger partial charge >= 0.3 is 37.1 Å². The maximum atomic E-state index is 9.29. The van der Waals surface area contributed by atoms with E-state index in [9.17, 15) is 130 Å². The van der Waals surface area contributed by atoms with Gasteiger partial charge in [0.25, 0.3) is 0 Å². The molecular formula is O35S10V2. The van der Waals surface area contributed by atoms with Gasteiger partial charge < -0.3 is 45.5 Å². The smallest absolute Gasteiger partial charge is 0.725 e. The van der Waals surface area contributed by atoms with Gasteiger partial charge in [-0.1, -0.05) is 0 Å². The fourth-order valence-electron chi connectivity index (χ4n) is 0.510. The largest absolute Gasteiger partial charge is 5.00 e. The summed E-state index contributed by atoms with van der Waals surface area (Å²) in [6, 6.07) is 0. The molecule has 0 aromatic heterocycles. The first kappa shape index (κ1) is 62.2. The van der Waals surface area contributed by atoms with Gasteiger partial charge in [-0.15, -0.1) is 0 Å². The predicted octanol–water partition coefficient (Wildman–Crippen LogP) is -10.4. The van der Waals surface area contributed by atoms with Gasteiger partial charge in [0.05, 0.1) is 0 Å². The van der Waals surface area contributed by atoms with Gasteiger partial charge in [-0.2, -0.15) is 18.1 Å². The zero-order chi connectivity index (χ0) is 38.5. The van der Waals surface area contributed by atoms with Gasteiger partial charge in [-0.3, -0.25) is 0 Å². The Morgan fingerprint density at radius 1 is 0.191 bits per heavy atom. The third-order valence-electron chi connectivity index (χ3n) is 0.833. The fraction of sp³-hybridized carbons (Fsp3) is 0. The topological polar surface area (TPSA) is 618 Å². The Morgan fingerprint density at radius 3 is 0.234 bits per heavy atom. The Labute approximate surface area is 286 Å². The molecule has 0 aliphatic carbocycles. The average Bonchev–Trinajstić information content (AvgIpc) is 2.36. The molecule has 0 radical (unpaired) electrons. The van der Waals surface area contributed by atoms with Crippen LogP contribution in [0.3, 0.4) is 0 Å². The maximum absolute atomic E-state index is 9.29. The van der Waals surface area contributed by atoms with E-state index in [0.717, 1.165) is 0 Å². The molecule has 0 N–H and O–H groups in total. The second-order valence-corrected chi connectivity index (χ2v) is 15.3. The van der Waals surface area contributed by atoms with Crippen molar-refractivity contribution in [1.82, 2.24) is 0 Å². The Hall–Kier alpha value is 0.0688. The van der Waals surface area contributed by atoms with Crippen molar-refractivity contribution in [1.29, 1.82) is 0 Å². The first-order valence-electron chi connectivity index (χ1n) is 6.67. The Balaban J connectivity index is -0.0000000842. The first-order valence-corrected chi connectivity index (χ1v) is 20.0. The van der Waals surface area contributed by atoms with Crippen LogP contribution in [0.15, 0.2) is 0 Å².